The maximum Gasteiger partial charge on any atom is 0.275 e. The highest BCUT2D eigenvalue weighted by Crippen LogP contribution is 2.24. The Morgan fingerprint density at radius 1 is 1.08 bits per heavy atom. The minimum absolute atomic E-state index is 0.305. The molecule has 6 nitrogen and oxygen atoms in total. The molecule has 0 saturated heterocycles. The summed E-state index contributed by atoms with van der Waals surface area (Å²) in [5.74, 6) is -0.626. The molecular weight excluding hydrogens is 329 g/mol. The summed E-state index contributed by atoms with van der Waals surface area (Å²) in [5.41, 5.74) is 3.07. The SMILES string of the molecule is O=C(Nc1ccc2n[nH]nc2c1)c1csc(-c2ccc(F)cc2)n1. The van der Waals surface area contributed by atoms with E-state index in [2.05, 4.69) is 25.7 Å². The first-order valence-electron chi connectivity index (χ1n) is 7.02. The first-order valence-corrected chi connectivity index (χ1v) is 7.90. The molecule has 0 atom stereocenters. The Morgan fingerprint density at radius 2 is 1.88 bits per heavy atom. The van der Waals surface area contributed by atoms with Crippen molar-refractivity contribution in [2.24, 2.45) is 0 Å². The fourth-order valence-electron chi connectivity index (χ4n) is 2.22. The predicted octanol–water partition coefficient (Wildman–Crippen LogP) is 3.47. The Balaban J connectivity index is 1.55. The van der Waals surface area contributed by atoms with E-state index in [4.69, 9.17) is 0 Å². The molecule has 0 bridgehead atoms. The van der Waals surface area contributed by atoms with Crippen molar-refractivity contribution in [3.63, 3.8) is 0 Å². The lowest BCUT2D eigenvalue weighted by Gasteiger charge is -2.02. The van der Waals surface area contributed by atoms with E-state index in [9.17, 15) is 9.18 Å². The Bertz CT molecular complexity index is 1020. The van der Waals surface area contributed by atoms with Gasteiger partial charge in [-0.05, 0) is 42.5 Å². The van der Waals surface area contributed by atoms with Gasteiger partial charge in [0.25, 0.3) is 5.91 Å². The lowest BCUT2D eigenvalue weighted by Crippen LogP contribution is -2.12. The van der Waals surface area contributed by atoms with Gasteiger partial charge in [0.15, 0.2) is 0 Å². The number of benzene rings is 2. The fourth-order valence-corrected chi connectivity index (χ4v) is 3.02. The Morgan fingerprint density at radius 3 is 2.71 bits per heavy atom. The molecule has 8 heteroatoms. The van der Waals surface area contributed by atoms with E-state index in [0.717, 1.165) is 11.1 Å². The molecule has 0 aliphatic rings. The topological polar surface area (TPSA) is 83.6 Å². The van der Waals surface area contributed by atoms with Gasteiger partial charge >= 0.3 is 0 Å². The van der Waals surface area contributed by atoms with Crippen LogP contribution in [0.1, 0.15) is 10.5 Å². The molecule has 0 radical (unpaired) electrons. The smallest absolute Gasteiger partial charge is 0.275 e. The van der Waals surface area contributed by atoms with Gasteiger partial charge in [0.05, 0.1) is 0 Å². The molecule has 0 aliphatic carbocycles. The van der Waals surface area contributed by atoms with Gasteiger partial charge in [-0.25, -0.2) is 9.37 Å². The summed E-state index contributed by atoms with van der Waals surface area (Å²) in [6, 6.07) is 11.2. The Hall–Kier alpha value is -3.13. The minimum Gasteiger partial charge on any atom is -0.321 e. The number of rotatable bonds is 3. The van der Waals surface area contributed by atoms with Crippen LogP contribution in [0.15, 0.2) is 47.8 Å². The number of thiazole rings is 1. The molecule has 0 unspecified atom stereocenters. The molecule has 4 aromatic rings. The number of anilines is 1. The van der Waals surface area contributed by atoms with E-state index < -0.39 is 0 Å². The van der Waals surface area contributed by atoms with Crippen molar-refractivity contribution in [2.45, 2.75) is 0 Å². The maximum atomic E-state index is 13.0. The average molecular weight is 339 g/mol. The van der Waals surface area contributed by atoms with Gasteiger partial charge in [0.1, 0.15) is 27.6 Å². The second-order valence-electron chi connectivity index (χ2n) is 5.03. The normalized spacial score (nSPS) is 10.9. The maximum absolute atomic E-state index is 13.0. The van der Waals surface area contributed by atoms with Gasteiger partial charge < -0.3 is 5.32 Å². The van der Waals surface area contributed by atoms with E-state index in [1.54, 1.807) is 35.7 Å². The van der Waals surface area contributed by atoms with Crippen molar-refractivity contribution in [3.8, 4) is 10.6 Å². The predicted molar refractivity (Wildman–Crippen MR) is 89.3 cm³/mol. The molecular formula is C16H10FN5OS. The highest BCUT2D eigenvalue weighted by Gasteiger charge is 2.13. The van der Waals surface area contributed by atoms with Crippen LogP contribution in [0.3, 0.4) is 0 Å². The van der Waals surface area contributed by atoms with Crippen LogP contribution in [0, 0.1) is 5.82 Å². The van der Waals surface area contributed by atoms with E-state index in [0.29, 0.717) is 21.9 Å². The largest absolute Gasteiger partial charge is 0.321 e. The summed E-state index contributed by atoms with van der Waals surface area (Å²) >= 11 is 1.33. The third-order valence-electron chi connectivity index (χ3n) is 3.40. The van der Waals surface area contributed by atoms with Gasteiger partial charge in [0, 0.05) is 16.6 Å². The van der Waals surface area contributed by atoms with Crippen LogP contribution in [0.5, 0.6) is 0 Å². The van der Waals surface area contributed by atoms with Crippen molar-refractivity contribution < 1.29 is 9.18 Å². The van der Waals surface area contributed by atoms with Crippen molar-refractivity contribution >= 4 is 34.0 Å². The number of hydrogen-bond donors (Lipinski definition) is 2. The summed E-state index contributed by atoms with van der Waals surface area (Å²) in [5, 5.41) is 15.6. The number of amides is 1. The van der Waals surface area contributed by atoms with Gasteiger partial charge in [-0.3, -0.25) is 4.79 Å². The third kappa shape index (κ3) is 2.74. The lowest BCUT2D eigenvalue weighted by molar-refractivity contribution is 0.102. The van der Waals surface area contributed by atoms with E-state index in [1.807, 2.05) is 0 Å². The summed E-state index contributed by atoms with van der Waals surface area (Å²) < 4.78 is 13.0. The molecule has 0 aliphatic heterocycles. The fraction of sp³-hybridized carbons (Fsp3) is 0. The number of fused-ring (bicyclic) bond motifs is 1. The van der Waals surface area contributed by atoms with Gasteiger partial charge in [-0.1, -0.05) is 0 Å². The van der Waals surface area contributed by atoms with Crippen LogP contribution in [0.2, 0.25) is 0 Å². The Kier molecular flexibility index (Phi) is 3.51. The van der Waals surface area contributed by atoms with Gasteiger partial charge in [0.2, 0.25) is 0 Å². The quantitative estimate of drug-likeness (QED) is 0.598. The molecule has 24 heavy (non-hydrogen) atoms. The molecule has 0 saturated carbocycles. The van der Waals surface area contributed by atoms with Gasteiger partial charge in [-0.15, -0.1) is 11.3 Å². The molecule has 0 spiro atoms. The van der Waals surface area contributed by atoms with E-state index >= 15 is 0 Å². The zero-order valence-electron chi connectivity index (χ0n) is 12.2. The summed E-state index contributed by atoms with van der Waals surface area (Å²) in [6.07, 6.45) is 0. The standard InChI is InChI=1S/C16H10FN5OS/c17-10-3-1-9(2-4-10)16-19-14(8-24-16)15(23)18-11-5-6-12-13(7-11)21-22-20-12/h1-8H,(H,18,23)(H,20,21,22). The number of carbonyl (C=O) groups is 1. The highest BCUT2D eigenvalue weighted by atomic mass is 32.1. The second-order valence-corrected chi connectivity index (χ2v) is 5.88. The number of nitrogens with zero attached hydrogens (tertiary/aromatic N) is 3. The number of hydrogen-bond acceptors (Lipinski definition) is 5. The minimum atomic E-state index is -0.317. The molecule has 2 heterocycles. The highest BCUT2D eigenvalue weighted by molar-refractivity contribution is 7.13. The van der Waals surface area contributed by atoms with Crippen LogP contribution in [0.25, 0.3) is 21.6 Å². The number of nitrogens with one attached hydrogen (secondary N) is 2. The number of carbonyl (C=O) groups excluding carboxylic acids is 1. The third-order valence-corrected chi connectivity index (χ3v) is 4.29. The first kappa shape index (κ1) is 14.5. The number of halogens is 1. The number of aromatic amines is 1. The first-order chi connectivity index (χ1) is 11.7. The van der Waals surface area contributed by atoms with E-state index in [1.165, 1.54) is 23.5 Å². The van der Waals surface area contributed by atoms with Crippen molar-refractivity contribution in [1.29, 1.82) is 0 Å². The molecule has 2 aromatic heterocycles. The van der Waals surface area contributed by atoms with Crippen molar-refractivity contribution in [3.05, 3.63) is 59.4 Å². The van der Waals surface area contributed by atoms with E-state index in [-0.39, 0.29) is 11.7 Å². The van der Waals surface area contributed by atoms with Crippen LogP contribution in [-0.4, -0.2) is 26.3 Å². The number of H-pyrrole nitrogens is 1. The zero-order valence-corrected chi connectivity index (χ0v) is 13.0. The van der Waals surface area contributed by atoms with Crippen molar-refractivity contribution in [2.75, 3.05) is 5.32 Å². The monoisotopic (exact) mass is 339 g/mol. The van der Waals surface area contributed by atoms with Gasteiger partial charge in [-0.2, -0.15) is 15.4 Å². The lowest BCUT2D eigenvalue weighted by atomic mass is 10.2. The molecule has 1 amide bonds. The zero-order chi connectivity index (χ0) is 16.5. The molecule has 2 N–H and O–H groups in total. The Labute approximate surface area is 139 Å². The molecule has 0 fully saturated rings. The summed E-state index contributed by atoms with van der Waals surface area (Å²) in [6.45, 7) is 0. The summed E-state index contributed by atoms with van der Waals surface area (Å²) in [4.78, 5) is 16.6. The average Bonchev–Trinajstić information content (AvgIpc) is 3.24. The second kappa shape index (κ2) is 5.82. The van der Waals surface area contributed by atoms with Crippen molar-refractivity contribution in [1.82, 2.24) is 20.4 Å². The van der Waals surface area contributed by atoms with Crippen LogP contribution in [0.4, 0.5) is 10.1 Å². The molecule has 118 valence electrons. The van der Waals surface area contributed by atoms with Crippen LogP contribution in [-0.2, 0) is 0 Å². The summed E-state index contributed by atoms with van der Waals surface area (Å²) in [7, 11) is 0. The van der Waals surface area contributed by atoms with Crippen LogP contribution < -0.4 is 5.32 Å². The van der Waals surface area contributed by atoms with Crippen LogP contribution >= 0.6 is 11.3 Å². The molecule has 2 aromatic carbocycles. The number of aromatic nitrogens is 4. The molecule has 4 rings (SSSR count).